The number of carbonyl (C=O) groups excluding carboxylic acids is 1. The summed E-state index contributed by atoms with van der Waals surface area (Å²) < 4.78 is 9.33. The van der Waals surface area contributed by atoms with E-state index in [2.05, 4.69) is 76.4 Å². The van der Waals surface area contributed by atoms with E-state index in [1.54, 1.807) is 10.8 Å². The second kappa shape index (κ2) is 13.8. The molecule has 43 heavy (non-hydrogen) atoms. The third-order valence-electron chi connectivity index (χ3n) is 7.70. The number of rotatable bonds is 13. The molecule has 230 valence electrons. The van der Waals surface area contributed by atoms with Crippen molar-refractivity contribution in [1.29, 1.82) is 5.26 Å². The summed E-state index contributed by atoms with van der Waals surface area (Å²) in [5.74, 6) is 0.565. The molecule has 3 aromatic rings. The first-order valence-electron chi connectivity index (χ1n) is 14.9. The average Bonchev–Trinajstić information content (AvgIpc) is 3.57. The Hall–Kier alpha value is -3.66. The number of hydrogen-bond acceptors (Lipinski definition) is 8. The number of imidazole rings is 1. The second-order valence-corrected chi connectivity index (χ2v) is 19.2. The number of carbonyl (C=O) groups is 1. The summed E-state index contributed by atoms with van der Waals surface area (Å²) in [4.78, 5) is 20.0. The van der Waals surface area contributed by atoms with Gasteiger partial charge in [0.25, 0.3) is 5.91 Å². The van der Waals surface area contributed by atoms with Crippen molar-refractivity contribution >= 4 is 25.2 Å². The average molecular weight is 604 g/mol. The van der Waals surface area contributed by atoms with Crippen molar-refractivity contribution in [3.63, 3.8) is 0 Å². The molecule has 2 heterocycles. The summed E-state index contributed by atoms with van der Waals surface area (Å²) in [5, 5.41) is 24.9. The zero-order valence-corrected chi connectivity index (χ0v) is 27.6. The van der Waals surface area contributed by atoms with Crippen molar-refractivity contribution in [2.75, 3.05) is 32.6 Å². The molecular formula is C31H45N9O2Si. The van der Waals surface area contributed by atoms with Gasteiger partial charge in [-0.25, -0.2) is 9.67 Å². The van der Waals surface area contributed by atoms with Gasteiger partial charge < -0.3 is 19.5 Å². The molecule has 12 heteroatoms. The van der Waals surface area contributed by atoms with Crippen LogP contribution in [0.15, 0.2) is 30.5 Å². The van der Waals surface area contributed by atoms with E-state index in [9.17, 15) is 10.1 Å². The Morgan fingerprint density at radius 3 is 2.72 bits per heavy atom. The third-order valence-corrected chi connectivity index (χ3v) is 9.40. The Balaban J connectivity index is 1.59. The summed E-state index contributed by atoms with van der Waals surface area (Å²) in [7, 11) is 2.80. The van der Waals surface area contributed by atoms with E-state index in [1.165, 1.54) is 5.57 Å². The van der Waals surface area contributed by atoms with Crippen molar-refractivity contribution in [2.45, 2.75) is 78.5 Å². The number of amides is 1. The molecule has 11 nitrogen and oxygen atoms in total. The van der Waals surface area contributed by atoms with Crippen LogP contribution in [0, 0.1) is 16.7 Å². The predicted octanol–water partition coefficient (Wildman–Crippen LogP) is 5.05. The first kappa shape index (κ1) is 32.3. The maximum Gasteiger partial charge on any atom is 0.291 e. The second-order valence-electron chi connectivity index (χ2n) is 13.6. The highest BCUT2D eigenvalue weighted by molar-refractivity contribution is 6.76. The molecule has 1 aromatic carbocycles. The first-order valence-corrected chi connectivity index (χ1v) is 18.6. The molecule has 0 unspecified atom stereocenters. The molecule has 0 spiro atoms. The van der Waals surface area contributed by atoms with Crippen molar-refractivity contribution in [2.24, 2.45) is 5.41 Å². The highest BCUT2D eigenvalue weighted by Crippen LogP contribution is 2.40. The van der Waals surface area contributed by atoms with Gasteiger partial charge in [0.2, 0.25) is 5.82 Å². The first-order chi connectivity index (χ1) is 20.3. The van der Waals surface area contributed by atoms with Gasteiger partial charge in [-0.15, -0.1) is 5.10 Å². The third kappa shape index (κ3) is 9.16. The van der Waals surface area contributed by atoms with Gasteiger partial charge in [0.05, 0.1) is 6.54 Å². The Labute approximate surface area is 255 Å². The maximum atomic E-state index is 13.6. The van der Waals surface area contributed by atoms with Crippen molar-refractivity contribution < 1.29 is 9.53 Å². The zero-order chi connectivity index (χ0) is 31.2. The highest BCUT2D eigenvalue weighted by Gasteiger charge is 2.25. The number of nitrogens with zero attached hydrogens (tertiary/aromatic N) is 8. The Kier molecular flexibility index (Phi) is 10.3. The maximum absolute atomic E-state index is 13.6. The number of allylic oxidation sites excluding steroid dienone is 2. The van der Waals surface area contributed by atoms with Crippen LogP contribution in [0.25, 0.3) is 5.57 Å². The fourth-order valence-corrected chi connectivity index (χ4v) is 5.62. The van der Waals surface area contributed by atoms with Gasteiger partial charge >= 0.3 is 0 Å². The van der Waals surface area contributed by atoms with Crippen molar-refractivity contribution in [1.82, 2.24) is 34.7 Å². The minimum Gasteiger partial charge on any atom is -0.361 e. The minimum absolute atomic E-state index is 0.151. The molecule has 0 bridgehead atoms. The standard InChI is InChI=1S/C31H45N9O2Si/c1-31(2)12-10-24(11-13-31)26-18-23(19-28-35-36-37-40(28)15-14-38(3)4)8-9-27(26)34-30(41)29-33-25(20-32)21-39(29)22-42-16-17-43(5,6)7/h8-10,18,21H,11-17,19,22H2,1-7H3,(H,34,41). The van der Waals surface area contributed by atoms with E-state index in [4.69, 9.17) is 4.74 Å². The van der Waals surface area contributed by atoms with Gasteiger partial charge in [-0.2, -0.15) is 5.26 Å². The molecule has 1 aliphatic carbocycles. The quantitative estimate of drug-likeness (QED) is 0.212. The van der Waals surface area contributed by atoms with E-state index < -0.39 is 8.07 Å². The monoisotopic (exact) mass is 603 g/mol. The van der Waals surface area contributed by atoms with Gasteiger partial charge in [0.15, 0.2) is 11.5 Å². The summed E-state index contributed by atoms with van der Waals surface area (Å²) in [6, 6.07) is 9.15. The number of ether oxygens (including phenoxy) is 1. The van der Waals surface area contributed by atoms with Gasteiger partial charge in [0.1, 0.15) is 12.8 Å². The lowest BCUT2D eigenvalue weighted by atomic mass is 9.76. The Morgan fingerprint density at radius 1 is 1.26 bits per heavy atom. The number of nitriles is 1. The number of anilines is 1. The molecular weight excluding hydrogens is 558 g/mol. The fraction of sp³-hybridized carbons (Fsp3) is 0.548. The fourth-order valence-electron chi connectivity index (χ4n) is 4.87. The molecule has 0 radical (unpaired) electrons. The molecule has 1 amide bonds. The van der Waals surface area contributed by atoms with Crippen LogP contribution in [0.4, 0.5) is 5.69 Å². The number of nitrogens with one attached hydrogen (secondary N) is 1. The van der Waals surface area contributed by atoms with Gasteiger partial charge in [-0.3, -0.25) is 4.79 Å². The molecule has 0 fully saturated rings. The van der Waals surface area contributed by atoms with Gasteiger partial charge in [-0.05, 0) is 78.5 Å². The number of hydrogen-bond donors (Lipinski definition) is 1. The SMILES string of the molecule is CN(C)CCn1nnnc1Cc1ccc(NC(=O)c2nc(C#N)cn2COCC[Si](C)(C)C)c(C2=CCC(C)(C)CC2)c1. The summed E-state index contributed by atoms with van der Waals surface area (Å²) in [6.07, 6.45) is 7.38. The van der Waals surface area contributed by atoms with E-state index in [1.807, 2.05) is 37.0 Å². The number of aromatic nitrogens is 6. The molecule has 0 aliphatic heterocycles. The molecule has 0 saturated carbocycles. The molecule has 2 aromatic heterocycles. The van der Waals surface area contributed by atoms with E-state index in [0.29, 0.717) is 25.3 Å². The van der Waals surface area contributed by atoms with Crippen LogP contribution in [0.1, 0.15) is 66.4 Å². The summed E-state index contributed by atoms with van der Waals surface area (Å²) in [6.45, 7) is 13.7. The summed E-state index contributed by atoms with van der Waals surface area (Å²) >= 11 is 0. The minimum atomic E-state index is -1.25. The number of tetrazole rings is 1. The van der Waals surface area contributed by atoms with Crippen molar-refractivity contribution in [3.8, 4) is 6.07 Å². The lowest BCUT2D eigenvalue weighted by Gasteiger charge is -2.29. The number of likely N-dealkylation sites (N-methyl/N-ethyl adjacent to an activating group) is 1. The lowest BCUT2D eigenvalue weighted by molar-refractivity contribution is 0.0808. The molecule has 4 rings (SSSR count). The van der Waals surface area contributed by atoms with Gasteiger partial charge in [-0.1, -0.05) is 45.6 Å². The molecule has 0 atom stereocenters. The smallest absolute Gasteiger partial charge is 0.291 e. The van der Waals surface area contributed by atoms with Crippen LogP contribution in [0.3, 0.4) is 0 Å². The van der Waals surface area contributed by atoms with Crippen molar-refractivity contribution in [3.05, 3.63) is 58.9 Å². The zero-order valence-electron chi connectivity index (χ0n) is 26.6. The molecule has 0 saturated heterocycles. The predicted molar refractivity (Wildman–Crippen MR) is 170 cm³/mol. The molecule has 1 aliphatic rings. The van der Waals surface area contributed by atoms with Crippen LogP contribution < -0.4 is 5.32 Å². The largest absolute Gasteiger partial charge is 0.361 e. The summed E-state index contributed by atoms with van der Waals surface area (Å²) in [5.41, 5.74) is 4.38. The Bertz CT molecular complexity index is 1490. The Morgan fingerprint density at radius 2 is 2.05 bits per heavy atom. The van der Waals surface area contributed by atoms with E-state index in [0.717, 1.165) is 48.8 Å². The lowest BCUT2D eigenvalue weighted by Crippen LogP contribution is -2.23. The normalized spacial score (nSPS) is 14.9. The topological polar surface area (TPSA) is 127 Å². The van der Waals surface area contributed by atoms with E-state index >= 15 is 0 Å². The van der Waals surface area contributed by atoms with Crippen LogP contribution in [0.5, 0.6) is 0 Å². The number of benzene rings is 1. The van der Waals surface area contributed by atoms with Crippen LogP contribution in [-0.2, 0) is 24.4 Å². The van der Waals surface area contributed by atoms with Crippen LogP contribution in [0.2, 0.25) is 25.7 Å². The van der Waals surface area contributed by atoms with Crippen LogP contribution >= 0.6 is 0 Å². The van der Waals surface area contributed by atoms with Gasteiger partial charge in [0, 0.05) is 45.1 Å². The highest BCUT2D eigenvalue weighted by atomic mass is 28.3. The van der Waals surface area contributed by atoms with Crippen LogP contribution in [-0.4, -0.2) is 75.9 Å². The molecule has 1 N–H and O–H groups in total. The van der Waals surface area contributed by atoms with E-state index in [-0.39, 0.29) is 29.6 Å².